The molecular weight excluding hydrogens is 525 g/mol. The molecule has 212 valence electrons. The molecule has 0 unspecified atom stereocenters. The zero-order chi connectivity index (χ0) is 29.4. The van der Waals surface area contributed by atoms with Gasteiger partial charge in [0, 0.05) is 18.8 Å². The van der Waals surface area contributed by atoms with Gasteiger partial charge in [-0.25, -0.2) is 18.0 Å². The van der Waals surface area contributed by atoms with Crippen LogP contribution >= 0.6 is 0 Å². The van der Waals surface area contributed by atoms with Crippen LogP contribution in [0.25, 0.3) is 0 Å². The molecule has 2 aromatic rings. The Morgan fingerprint density at radius 1 is 0.895 bits per heavy atom. The largest absolute Gasteiger partial charge is 0.490 e. The summed E-state index contributed by atoms with van der Waals surface area (Å²) in [5, 5.41) is 16.9. The molecule has 0 fully saturated rings. The molecule has 0 aliphatic carbocycles. The van der Waals surface area contributed by atoms with Gasteiger partial charge in [0.05, 0.1) is 16.1 Å². The average molecular weight is 561 g/mol. The van der Waals surface area contributed by atoms with Gasteiger partial charge in [-0.2, -0.15) is 13.2 Å². The molecule has 0 aliphatic heterocycles. The van der Waals surface area contributed by atoms with Crippen molar-refractivity contribution in [2.24, 2.45) is 11.8 Å². The van der Waals surface area contributed by atoms with Crippen LogP contribution in [0.2, 0.25) is 0 Å². The Morgan fingerprint density at radius 3 is 1.74 bits per heavy atom. The molecule has 0 aliphatic rings. The quantitative estimate of drug-likeness (QED) is 0.323. The third kappa shape index (κ3) is 10.2. The van der Waals surface area contributed by atoms with Crippen molar-refractivity contribution in [2.75, 3.05) is 22.7 Å². The van der Waals surface area contributed by atoms with Crippen LogP contribution in [0.4, 0.5) is 24.5 Å². The molecule has 8 nitrogen and oxygen atoms in total. The summed E-state index contributed by atoms with van der Waals surface area (Å²) in [5.74, 6) is -2.84. The molecule has 0 atom stereocenters. The number of rotatable bonds is 10. The smallest absolute Gasteiger partial charge is 0.478 e. The number of aromatic carboxylic acids is 1. The lowest BCUT2D eigenvalue weighted by Crippen LogP contribution is -2.32. The van der Waals surface area contributed by atoms with Crippen LogP contribution in [0.1, 0.15) is 63.4 Å². The molecule has 0 radical (unpaired) electrons. The number of halogens is 3. The van der Waals surface area contributed by atoms with E-state index in [-0.39, 0.29) is 16.1 Å². The zero-order valence-electron chi connectivity index (χ0n) is 22.2. The highest BCUT2D eigenvalue weighted by Gasteiger charge is 2.38. The third-order valence-corrected chi connectivity index (χ3v) is 6.49. The Hall–Kier alpha value is -3.28. The number of aliphatic carboxylic acids is 1. The second kappa shape index (κ2) is 13.5. The summed E-state index contributed by atoms with van der Waals surface area (Å²) in [4.78, 5) is 23.1. The van der Waals surface area contributed by atoms with Gasteiger partial charge in [-0.05, 0) is 53.6 Å². The maximum atomic E-state index is 12.8. The summed E-state index contributed by atoms with van der Waals surface area (Å²) >= 11 is 0. The standard InChI is InChI=1S/C24H34N2O4S.C2HF3O2/c1-16(2)14-26(15-17(3)4)23-12-9-20(13-22(23)24(27)28)25-31(29,30)21-10-7-19(8-11-21)18(5)6;3-2(4,5)1(6)7/h7-13,16-18,25H,14-15H2,1-6H3,(H,27,28);(H,6,7). The summed E-state index contributed by atoms with van der Waals surface area (Å²) < 4.78 is 59.9. The lowest BCUT2D eigenvalue weighted by molar-refractivity contribution is -0.192. The van der Waals surface area contributed by atoms with Crippen molar-refractivity contribution in [1.82, 2.24) is 0 Å². The highest BCUT2D eigenvalue weighted by atomic mass is 32.2. The number of carboxylic acids is 2. The monoisotopic (exact) mass is 560 g/mol. The predicted octanol–water partition coefficient (Wildman–Crippen LogP) is 6.06. The zero-order valence-corrected chi connectivity index (χ0v) is 23.0. The fraction of sp³-hybridized carbons (Fsp3) is 0.462. The summed E-state index contributed by atoms with van der Waals surface area (Å²) in [6.45, 7) is 13.8. The Bertz CT molecular complexity index is 1180. The second-order valence-corrected chi connectivity index (χ2v) is 11.5. The number of carbonyl (C=O) groups is 2. The van der Waals surface area contributed by atoms with Crippen LogP contribution in [0, 0.1) is 11.8 Å². The van der Waals surface area contributed by atoms with Crippen molar-refractivity contribution in [2.45, 2.75) is 58.5 Å². The van der Waals surface area contributed by atoms with E-state index in [0.29, 0.717) is 36.5 Å². The lowest BCUT2D eigenvalue weighted by atomic mass is 10.0. The second-order valence-electron chi connectivity index (χ2n) is 9.86. The van der Waals surface area contributed by atoms with Crippen molar-refractivity contribution in [3.8, 4) is 0 Å². The molecule has 38 heavy (non-hydrogen) atoms. The van der Waals surface area contributed by atoms with Gasteiger partial charge in [-0.15, -0.1) is 0 Å². The SMILES string of the molecule is CC(C)CN(CC(C)C)c1ccc(NS(=O)(=O)c2ccc(C(C)C)cc2)cc1C(=O)O.O=C(O)C(F)(F)F. The highest BCUT2D eigenvalue weighted by Crippen LogP contribution is 2.28. The van der Waals surface area contributed by atoms with E-state index < -0.39 is 28.1 Å². The Morgan fingerprint density at radius 2 is 1.37 bits per heavy atom. The first-order valence-corrected chi connectivity index (χ1v) is 13.4. The molecule has 0 saturated carbocycles. The van der Waals surface area contributed by atoms with Crippen LogP contribution < -0.4 is 9.62 Å². The number of hydrogen-bond donors (Lipinski definition) is 3. The first kappa shape index (κ1) is 32.7. The van der Waals surface area contributed by atoms with Gasteiger partial charge >= 0.3 is 18.1 Å². The summed E-state index contributed by atoms with van der Waals surface area (Å²) in [5.41, 5.74) is 1.95. The highest BCUT2D eigenvalue weighted by molar-refractivity contribution is 7.92. The minimum atomic E-state index is -5.08. The summed E-state index contributed by atoms with van der Waals surface area (Å²) in [6.07, 6.45) is -5.08. The van der Waals surface area contributed by atoms with Crippen LogP contribution in [-0.2, 0) is 14.8 Å². The number of anilines is 2. The molecule has 2 aromatic carbocycles. The van der Waals surface area contributed by atoms with E-state index in [4.69, 9.17) is 9.90 Å². The molecule has 0 saturated heterocycles. The minimum Gasteiger partial charge on any atom is -0.478 e. The van der Waals surface area contributed by atoms with E-state index in [0.717, 1.165) is 5.56 Å². The molecule has 0 amide bonds. The lowest BCUT2D eigenvalue weighted by Gasteiger charge is -2.30. The van der Waals surface area contributed by atoms with Gasteiger partial charge in [-0.3, -0.25) is 4.72 Å². The van der Waals surface area contributed by atoms with Crippen molar-refractivity contribution in [3.05, 3.63) is 53.6 Å². The number of hydrogen-bond acceptors (Lipinski definition) is 5. The van der Waals surface area contributed by atoms with E-state index in [1.165, 1.54) is 6.07 Å². The van der Waals surface area contributed by atoms with Crippen molar-refractivity contribution in [1.29, 1.82) is 0 Å². The molecule has 0 bridgehead atoms. The van der Waals surface area contributed by atoms with E-state index >= 15 is 0 Å². The fourth-order valence-electron chi connectivity index (χ4n) is 3.45. The van der Waals surface area contributed by atoms with Crippen LogP contribution in [0.15, 0.2) is 47.4 Å². The molecular formula is C26H35F3N2O6S. The molecule has 2 rings (SSSR count). The van der Waals surface area contributed by atoms with Gasteiger partial charge < -0.3 is 15.1 Å². The number of nitrogens with zero attached hydrogens (tertiary/aromatic N) is 1. The molecule has 3 N–H and O–H groups in total. The van der Waals surface area contributed by atoms with Gasteiger partial charge in [-0.1, -0.05) is 53.7 Å². The summed E-state index contributed by atoms with van der Waals surface area (Å²) in [7, 11) is -3.83. The number of sulfonamides is 1. The van der Waals surface area contributed by atoms with E-state index in [1.54, 1.807) is 36.4 Å². The molecule has 0 aromatic heterocycles. The predicted molar refractivity (Wildman–Crippen MR) is 140 cm³/mol. The van der Waals surface area contributed by atoms with Crippen molar-refractivity contribution < 1.29 is 41.4 Å². The van der Waals surface area contributed by atoms with Crippen molar-refractivity contribution in [3.63, 3.8) is 0 Å². The van der Waals surface area contributed by atoms with E-state index in [2.05, 4.69) is 37.3 Å². The van der Waals surface area contributed by atoms with Crippen LogP contribution in [0.5, 0.6) is 0 Å². The maximum absolute atomic E-state index is 12.8. The van der Waals surface area contributed by atoms with E-state index in [9.17, 15) is 31.5 Å². The van der Waals surface area contributed by atoms with Crippen molar-refractivity contribution >= 4 is 33.3 Å². The number of alkyl halides is 3. The molecule has 0 heterocycles. The Balaban J connectivity index is 0.000000905. The van der Waals surface area contributed by atoms with Crippen LogP contribution in [-0.4, -0.2) is 49.8 Å². The fourth-order valence-corrected chi connectivity index (χ4v) is 4.49. The van der Waals surface area contributed by atoms with Gasteiger partial charge in [0.2, 0.25) is 0 Å². The first-order chi connectivity index (χ1) is 17.3. The van der Waals surface area contributed by atoms with Crippen LogP contribution in [0.3, 0.4) is 0 Å². The van der Waals surface area contributed by atoms with Gasteiger partial charge in [0.25, 0.3) is 10.0 Å². The maximum Gasteiger partial charge on any atom is 0.490 e. The topological polar surface area (TPSA) is 124 Å². The molecule has 0 spiro atoms. The number of benzene rings is 2. The van der Waals surface area contributed by atoms with E-state index in [1.807, 2.05) is 13.8 Å². The third-order valence-electron chi connectivity index (χ3n) is 5.09. The number of carboxylic acid groups (broad SMARTS) is 2. The Kier molecular flexibility index (Phi) is 11.6. The molecule has 12 heteroatoms. The summed E-state index contributed by atoms with van der Waals surface area (Å²) in [6, 6.07) is 11.4. The Labute approximate surface area is 221 Å². The normalized spacial score (nSPS) is 11.8. The van der Waals surface area contributed by atoms with Gasteiger partial charge in [0.1, 0.15) is 0 Å². The average Bonchev–Trinajstić information content (AvgIpc) is 2.77. The minimum absolute atomic E-state index is 0.0802. The number of nitrogens with one attached hydrogen (secondary N) is 1. The first-order valence-electron chi connectivity index (χ1n) is 11.9. The van der Waals surface area contributed by atoms with Gasteiger partial charge in [0.15, 0.2) is 0 Å².